The molecule has 1 saturated heterocycles. The Morgan fingerprint density at radius 1 is 1.29 bits per heavy atom. The summed E-state index contributed by atoms with van der Waals surface area (Å²) in [7, 11) is 0. The lowest BCUT2D eigenvalue weighted by Gasteiger charge is -2.42. The van der Waals surface area contributed by atoms with Gasteiger partial charge in [-0.15, -0.1) is 0 Å². The third kappa shape index (κ3) is 2.63. The molecule has 2 amide bonds. The fourth-order valence-corrected chi connectivity index (χ4v) is 3.33. The van der Waals surface area contributed by atoms with Crippen LogP contribution in [0.3, 0.4) is 0 Å². The molecule has 0 spiro atoms. The molecule has 2 aliphatic rings. The number of carboxylic acid groups (broad SMARTS) is 1. The van der Waals surface area contributed by atoms with Crippen LogP contribution in [-0.2, 0) is 11.3 Å². The summed E-state index contributed by atoms with van der Waals surface area (Å²) in [6, 6.07) is 4.89. The van der Waals surface area contributed by atoms with Crippen LogP contribution in [-0.4, -0.2) is 46.2 Å². The zero-order chi connectivity index (χ0) is 15.0. The van der Waals surface area contributed by atoms with E-state index in [4.69, 9.17) is 5.11 Å². The van der Waals surface area contributed by atoms with E-state index in [1.807, 2.05) is 6.07 Å². The van der Waals surface area contributed by atoms with Crippen LogP contribution in [0.25, 0.3) is 0 Å². The number of amides is 2. The lowest BCUT2D eigenvalue weighted by atomic mass is 9.83. The first kappa shape index (κ1) is 13.7. The van der Waals surface area contributed by atoms with Crippen molar-refractivity contribution in [3.63, 3.8) is 0 Å². The number of rotatable bonds is 2. The Morgan fingerprint density at radius 2 is 2.10 bits per heavy atom. The number of piperidine rings is 1. The first-order valence-corrected chi connectivity index (χ1v) is 6.99. The largest absolute Gasteiger partial charge is 0.480 e. The highest BCUT2D eigenvalue weighted by Gasteiger charge is 2.36. The van der Waals surface area contributed by atoms with Crippen molar-refractivity contribution >= 4 is 12.0 Å². The van der Waals surface area contributed by atoms with E-state index in [1.165, 1.54) is 0 Å². The summed E-state index contributed by atoms with van der Waals surface area (Å²) >= 11 is 0. The van der Waals surface area contributed by atoms with E-state index >= 15 is 0 Å². The lowest BCUT2D eigenvalue weighted by molar-refractivity contribution is -0.135. The average molecular weight is 291 g/mol. The van der Waals surface area contributed by atoms with Gasteiger partial charge in [0.2, 0.25) is 0 Å². The summed E-state index contributed by atoms with van der Waals surface area (Å²) < 4.78 is 1.80. The molecule has 112 valence electrons. The predicted molar refractivity (Wildman–Crippen MR) is 74.2 cm³/mol. The van der Waals surface area contributed by atoms with E-state index < -0.39 is 5.97 Å². The van der Waals surface area contributed by atoms with Gasteiger partial charge in [0.25, 0.3) is 5.56 Å². The van der Waals surface area contributed by atoms with Crippen LogP contribution in [0, 0.1) is 5.92 Å². The molecule has 1 fully saturated rings. The molecule has 0 aliphatic carbocycles. The fourth-order valence-electron chi connectivity index (χ4n) is 3.33. The van der Waals surface area contributed by atoms with Crippen molar-refractivity contribution in [3.05, 3.63) is 34.2 Å². The molecule has 3 rings (SSSR count). The van der Waals surface area contributed by atoms with Crippen LogP contribution in [0.15, 0.2) is 23.0 Å². The zero-order valence-corrected chi connectivity index (χ0v) is 11.5. The molecule has 0 radical (unpaired) electrons. The predicted octanol–water partition coefficient (Wildman–Crippen LogP) is 0.0616. The van der Waals surface area contributed by atoms with Gasteiger partial charge >= 0.3 is 12.0 Å². The molecule has 3 heterocycles. The Balaban J connectivity index is 1.77. The molecular weight excluding hydrogens is 274 g/mol. The van der Waals surface area contributed by atoms with Gasteiger partial charge in [0.05, 0.1) is 0 Å². The van der Waals surface area contributed by atoms with Crippen molar-refractivity contribution in [2.45, 2.75) is 18.9 Å². The van der Waals surface area contributed by atoms with Gasteiger partial charge in [0.1, 0.15) is 6.54 Å². The van der Waals surface area contributed by atoms with Crippen molar-refractivity contribution in [2.24, 2.45) is 5.92 Å². The summed E-state index contributed by atoms with van der Waals surface area (Å²) in [5.74, 6) is -0.675. The Morgan fingerprint density at radius 3 is 2.86 bits per heavy atom. The number of nitrogens with one attached hydrogen (secondary N) is 1. The molecular formula is C14H17N3O4. The second-order valence-electron chi connectivity index (χ2n) is 5.66. The molecule has 0 saturated carbocycles. The minimum Gasteiger partial charge on any atom is -0.480 e. The van der Waals surface area contributed by atoms with Crippen LogP contribution in [0.1, 0.15) is 18.0 Å². The second kappa shape index (κ2) is 5.23. The zero-order valence-electron chi connectivity index (χ0n) is 11.5. The Hall–Kier alpha value is -2.31. The van der Waals surface area contributed by atoms with Gasteiger partial charge in [-0.1, -0.05) is 6.07 Å². The lowest BCUT2D eigenvalue weighted by Crippen LogP contribution is -2.52. The van der Waals surface area contributed by atoms with Crippen LogP contribution >= 0.6 is 0 Å². The minimum absolute atomic E-state index is 0.00554. The van der Waals surface area contributed by atoms with Crippen LogP contribution in [0.4, 0.5) is 4.79 Å². The van der Waals surface area contributed by atoms with E-state index in [9.17, 15) is 14.4 Å². The number of carbonyl (C=O) groups is 2. The van der Waals surface area contributed by atoms with Gasteiger partial charge in [-0.25, -0.2) is 4.79 Å². The summed E-state index contributed by atoms with van der Waals surface area (Å²) in [5.41, 5.74) is 0.973. The standard InChI is InChI=1S/C14H17N3O4/c18-12-3-1-2-11-10-4-9(7-17(11)12)6-16(8-10)14(21)15-5-13(19)20/h1-3,9-10H,4-8H2,(H,15,21)(H,19,20)/t9-,10-/m1/s1. The van der Waals surface area contributed by atoms with E-state index in [-0.39, 0.29) is 30.0 Å². The number of fused-ring (bicyclic) bond motifs is 4. The molecule has 2 atom stereocenters. The first-order chi connectivity index (χ1) is 10.0. The second-order valence-corrected chi connectivity index (χ2v) is 5.66. The fraction of sp³-hybridized carbons (Fsp3) is 0.500. The van der Waals surface area contributed by atoms with Crippen molar-refractivity contribution in [1.29, 1.82) is 0 Å². The number of aromatic nitrogens is 1. The van der Waals surface area contributed by atoms with E-state index in [1.54, 1.807) is 21.6 Å². The highest BCUT2D eigenvalue weighted by Crippen LogP contribution is 2.34. The number of hydrogen-bond acceptors (Lipinski definition) is 3. The van der Waals surface area contributed by atoms with Crippen molar-refractivity contribution in [3.8, 4) is 0 Å². The summed E-state index contributed by atoms with van der Waals surface area (Å²) in [6.07, 6.45) is 0.964. The maximum absolute atomic E-state index is 12.0. The monoisotopic (exact) mass is 291 g/mol. The van der Waals surface area contributed by atoms with Gasteiger partial charge in [-0.2, -0.15) is 0 Å². The van der Waals surface area contributed by atoms with Gasteiger partial charge in [0.15, 0.2) is 0 Å². The smallest absolute Gasteiger partial charge is 0.323 e. The van der Waals surface area contributed by atoms with E-state index in [0.29, 0.717) is 19.6 Å². The quantitative estimate of drug-likeness (QED) is 0.806. The molecule has 1 aromatic heterocycles. The Labute approximate surface area is 121 Å². The number of carboxylic acids is 1. The minimum atomic E-state index is -1.06. The van der Waals surface area contributed by atoms with Crippen molar-refractivity contribution in [2.75, 3.05) is 19.6 Å². The number of pyridine rings is 1. The summed E-state index contributed by atoms with van der Waals surface area (Å²) in [4.78, 5) is 36.1. The number of urea groups is 1. The van der Waals surface area contributed by atoms with Gasteiger partial charge in [0, 0.05) is 37.3 Å². The molecule has 0 unspecified atom stereocenters. The molecule has 2 N–H and O–H groups in total. The Bertz CT molecular complexity index is 639. The summed E-state index contributed by atoms with van der Waals surface area (Å²) in [6.45, 7) is 1.32. The van der Waals surface area contributed by atoms with Crippen LogP contribution in [0.2, 0.25) is 0 Å². The molecule has 7 nitrogen and oxygen atoms in total. The van der Waals surface area contributed by atoms with Crippen LogP contribution in [0.5, 0.6) is 0 Å². The topological polar surface area (TPSA) is 91.6 Å². The molecule has 2 bridgehead atoms. The first-order valence-electron chi connectivity index (χ1n) is 6.99. The van der Waals surface area contributed by atoms with Crippen molar-refractivity contribution < 1.29 is 14.7 Å². The maximum Gasteiger partial charge on any atom is 0.323 e. The maximum atomic E-state index is 12.0. The number of carbonyl (C=O) groups excluding carboxylic acids is 1. The number of likely N-dealkylation sites (tertiary alicyclic amines) is 1. The third-order valence-electron chi connectivity index (χ3n) is 4.16. The van der Waals surface area contributed by atoms with Gasteiger partial charge < -0.3 is 19.9 Å². The van der Waals surface area contributed by atoms with Crippen LogP contribution < -0.4 is 10.9 Å². The average Bonchev–Trinajstić information content (AvgIpc) is 2.45. The number of aliphatic carboxylic acids is 1. The SMILES string of the molecule is O=C(O)CNC(=O)N1C[C@H]2C[C@H](C1)c1cccc(=O)n1C2. The molecule has 2 aliphatic heterocycles. The van der Waals surface area contributed by atoms with E-state index in [0.717, 1.165) is 12.1 Å². The highest BCUT2D eigenvalue weighted by molar-refractivity contribution is 5.80. The van der Waals surface area contributed by atoms with Gasteiger partial charge in [-0.3, -0.25) is 9.59 Å². The molecule has 1 aromatic rings. The highest BCUT2D eigenvalue weighted by atomic mass is 16.4. The third-order valence-corrected chi connectivity index (χ3v) is 4.16. The van der Waals surface area contributed by atoms with Gasteiger partial charge in [-0.05, 0) is 18.4 Å². The molecule has 0 aromatic carbocycles. The summed E-state index contributed by atoms with van der Waals surface area (Å²) in [5, 5.41) is 11.0. The normalized spacial score (nSPS) is 23.3. The Kier molecular flexibility index (Phi) is 3.40. The van der Waals surface area contributed by atoms with Crippen molar-refractivity contribution in [1.82, 2.24) is 14.8 Å². The number of nitrogens with zero attached hydrogens (tertiary/aromatic N) is 2. The number of hydrogen-bond donors (Lipinski definition) is 2. The van der Waals surface area contributed by atoms with E-state index in [2.05, 4.69) is 5.32 Å². The molecule has 7 heteroatoms. The molecule has 21 heavy (non-hydrogen) atoms.